The lowest BCUT2D eigenvalue weighted by Crippen LogP contribution is -2.02. The van der Waals surface area contributed by atoms with Crippen LogP contribution in [-0.4, -0.2) is 12.2 Å². The third-order valence-electron chi connectivity index (χ3n) is 2.69. The summed E-state index contributed by atoms with van der Waals surface area (Å²) >= 11 is 2.18. The average Bonchev–Trinajstić information content (AvgIpc) is 2.38. The van der Waals surface area contributed by atoms with Crippen molar-refractivity contribution in [3.05, 3.63) is 63.0 Å². The summed E-state index contributed by atoms with van der Waals surface area (Å²) in [6.45, 7) is 0. The van der Waals surface area contributed by atoms with Crippen molar-refractivity contribution in [3.8, 4) is 5.75 Å². The molecule has 4 heteroatoms. The molecule has 1 N–H and O–H groups in total. The molecule has 2 aromatic rings. The van der Waals surface area contributed by atoms with Crippen LogP contribution in [0.25, 0.3) is 0 Å². The topological polar surface area (TPSA) is 29.5 Å². The van der Waals surface area contributed by atoms with Gasteiger partial charge < -0.3 is 9.84 Å². The van der Waals surface area contributed by atoms with Crippen LogP contribution in [0.5, 0.6) is 5.75 Å². The Hall–Kier alpha value is -1.14. The monoisotopic (exact) mass is 358 g/mol. The Morgan fingerprint density at radius 1 is 1.17 bits per heavy atom. The van der Waals surface area contributed by atoms with Crippen LogP contribution in [0.15, 0.2) is 42.5 Å². The van der Waals surface area contributed by atoms with Crippen molar-refractivity contribution >= 4 is 22.6 Å². The van der Waals surface area contributed by atoms with E-state index in [2.05, 4.69) is 22.6 Å². The Morgan fingerprint density at radius 3 is 2.39 bits per heavy atom. The first-order valence-electron chi connectivity index (χ1n) is 5.39. The van der Waals surface area contributed by atoms with Crippen LogP contribution >= 0.6 is 22.6 Å². The normalized spacial score (nSPS) is 12.2. The van der Waals surface area contributed by atoms with Crippen LogP contribution in [0.3, 0.4) is 0 Å². The largest absolute Gasteiger partial charge is 0.497 e. The van der Waals surface area contributed by atoms with Crippen LogP contribution in [0.2, 0.25) is 0 Å². The molecule has 0 aliphatic carbocycles. The lowest BCUT2D eigenvalue weighted by Gasteiger charge is -2.13. The number of ether oxygens (including phenoxy) is 1. The van der Waals surface area contributed by atoms with E-state index in [1.165, 1.54) is 19.2 Å². The van der Waals surface area contributed by atoms with Gasteiger partial charge in [0.15, 0.2) is 0 Å². The van der Waals surface area contributed by atoms with E-state index in [1.807, 2.05) is 12.1 Å². The molecular weight excluding hydrogens is 346 g/mol. The second kappa shape index (κ2) is 5.67. The zero-order valence-corrected chi connectivity index (χ0v) is 11.9. The van der Waals surface area contributed by atoms with Crippen molar-refractivity contribution in [2.24, 2.45) is 0 Å². The lowest BCUT2D eigenvalue weighted by molar-refractivity contribution is 0.214. The van der Waals surface area contributed by atoms with Crippen molar-refractivity contribution in [2.75, 3.05) is 7.11 Å². The zero-order chi connectivity index (χ0) is 13.1. The van der Waals surface area contributed by atoms with Crippen molar-refractivity contribution < 1.29 is 14.2 Å². The molecule has 2 rings (SSSR count). The second-order valence-electron chi connectivity index (χ2n) is 3.84. The molecule has 0 aliphatic rings. The molecule has 0 aromatic heterocycles. The Balaban J connectivity index is 2.33. The van der Waals surface area contributed by atoms with Gasteiger partial charge in [-0.2, -0.15) is 0 Å². The SMILES string of the molecule is COc1ccc(C(O)c2ccc(I)cc2)c(F)c1. The number of hydrogen-bond acceptors (Lipinski definition) is 2. The smallest absolute Gasteiger partial charge is 0.133 e. The van der Waals surface area contributed by atoms with Crippen LogP contribution < -0.4 is 4.74 Å². The van der Waals surface area contributed by atoms with E-state index in [4.69, 9.17) is 4.74 Å². The van der Waals surface area contributed by atoms with Gasteiger partial charge in [-0.3, -0.25) is 0 Å². The third kappa shape index (κ3) is 2.81. The van der Waals surface area contributed by atoms with Crippen LogP contribution in [0.4, 0.5) is 4.39 Å². The minimum Gasteiger partial charge on any atom is -0.497 e. The van der Waals surface area contributed by atoms with E-state index < -0.39 is 11.9 Å². The van der Waals surface area contributed by atoms with Gasteiger partial charge in [0.25, 0.3) is 0 Å². The summed E-state index contributed by atoms with van der Waals surface area (Å²) in [6.07, 6.45) is -0.965. The molecule has 0 saturated carbocycles. The van der Waals surface area contributed by atoms with Gasteiger partial charge in [-0.15, -0.1) is 0 Å². The number of rotatable bonds is 3. The Kier molecular flexibility index (Phi) is 4.19. The van der Waals surface area contributed by atoms with Crippen molar-refractivity contribution in [1.29, 1.82) is 0 Å². The molecule has 0 amide bonds. The molecule has 2 aromatic carbocycles. The van der Waals surface area contributed by atoms with Crippen molar-refractivity contribution in [1.82, 2.24) is 0 Å². The van der Waals surface area contributed by atoms with E-state index in [0.717, 1.165) is 3.57 Å². The number of benzene rings is 2. The highest BCUT2D eigenvalue weighted by Gasteiger charge is 2.15. The first-order valence-corrected chi connectivity index (χ1v) is 6.46. The first-order chi connectivity index (χ1) is 8.61. The van der Waals surface area contributed by atoms with Gasteiger partial charge in [0.2, 0.25) is 0 Å². The predicted octanol–water partition coefficient (Wildman–Crippen LogP) is 3.52. The Labute approximate surface area is 119 Å². The van der Waals surface area contributed by atoms with Gasteiger partial charge in [0, 0.05) is 15.2 Å². The van der Waals surface area contributed by atoms with Crippen LogP contribution in [0.1, 0.15) is 17.2 Å². The van der Waals surface area contributed by atoms with E-state index in [9.17, 15) is 9.50 Å². The highest BCUT2D eigenvalue weighted by atomic mass is 127. The number of methoxy groups -OCH3 is 1. The maximum Gasteiger partial charge on any atom is 0.133 e. The molecule has 1 atom stereocenters. The zero-order valence-electron chi connectivity index (χ0n) is 9.73. The second-order valence-corrected chi connectivity index (χ2v) is 5.09. The lowest BCUT2D eigenvalue weighted by atomic mass is 10.0. The molecule has 0 fully saturated rings. The van der Waals surface area contributed by atoms with E-state index >= 15 is 0 Å². The van der Waals surface area contributed by atoms with E-state index in [1.54, 1.807) is 18.2 Å². The molecule has 0 aliphatic heterocycles. The van der Waals surface area contributed by atoms with Crippen LogP contribution in [-0.2, 0) is 0 Å². The summed E-state index contributed by atoms with van der Waals surface area (Å²) in [5.74, 6) is -0.0357. The highest BCUT2D eigenvalue weighted by molar-refractivity contribution is 14.1. The standard InChI is InChI=1S/C14H12FIO2/c1-18-11-6-7-12(13(15)8-11)14(17)9-2-4-10(16)5-3-9/h2-8,14,17H,1H3. The third-order valence-corrected chi connectivity index (χ3v) is 3.41. The number of hydrogen-bond donors (Lipinski definition) is 1. The van der Waals surface area contributed by atoms with Crippen molar-refractivity contribution in [2.45, 2.75) is 6.10 Å². The fourth-order valence-electron chi connectivity index (χ4n) is 1.68. The Morgan fingerprint density at radius 2 is 1.83 bits per heavy atom. The summed E-state index contributed by atoms with van der Waals surface area (Å²) in [5.41, 5.74) is 0.913. The number of halogens is 2. The predicted molar refractivity (Wildman–Crippen MR) is 76.2 cm³/mol. The molecular formula is C14H12FIO2. The summed E-state index contributed by atoms with van der Waals surface area (Å²) in [4.78, 5) is 0. The van der Waals surface area contributed by atoms with Gasteiger partial charge in [0.1, 0.15) is 17.7 Å². The van der Waals surface area contributed by atoms with Gasteiger partial charge in [-0.05, 0) is 52.4 Å². The maximum absolute atomic E-state index is 13.8. The molecule has 0 spiro atoms. The highest BCUT2D eigenvalue weighted by Crippen LogP contribution is 2.27. The van der Waals surface area contributed by atoms with Gasteiger partial charge >= 0.3 is 0 Å². The molecule has 0 saturated heterocycles. The summed E-state index contributed by atoms with van der Waals surface area (Å²) in [5, 5.41) is 10.1. The quantitative estimate of drug-likeness (QED) is 0.851. The van der Waals surface area contributed by atoms with Gasteiger partial charge in [0.05, 0.1) is 7.11 Å². The molecule has 94 valence electrons. The molecule has 1 unspecified atom stereocenters. The van der Waals surface area contributed by atoms with E-state index in [-0.39, 0.29) is 5.56 Å². The first kappa shape index (κ1) is 13.3. The van der Waals surface area contributed by atoms with Gasteiger partial charge in [-0.25, -0.2) is 4.39 Å². The fourth-order valence-corrected chi connectivity index (χ4v) is 2.04. The molecule has 2 nitrogen and oxygen atoms in total. The van der Waals surface area contributed by atoms with E-state index in [0.29, 0.717) is 11.3 Å². The minimum atomic E-state index is -0.965. The van der Waals surface area contributed by atoms with Crippen LogP contribution in [0, 0.1) is 9.39 Å². The summed E-state index contributed by atoms with van der Waals surface area (Å²) < 4.78 is 19.8. The molecule has 0 heterocycles. The molecule has 0 radical (unpaired) electrons. The van der Waals surface area contributed by atoms with Crippen molar-refractivity contribution in [3.63, 3.8) is 0 Å². The molecule has 18 heavy (non-hydrogen) atoms. The molecule has 0 bridgehead atoms. The minimum absolute atomic E-state index is 0.247. The summed E-state index contributed by atoms with van der Waals surface area (Å²) in [7, 11) is 1.48. The summed E-state index contributed by atoms with van der Waals surface area (Å²) in [6, 6.07) is 11.8. The van der Waals surface area contributed by atoms with Gasteiger partial charge in [-0.1, -0.05) is 12.1 Å². The average molecular weight is 358 g/mol. The maximum atomic E-state index is 13.8. The number of aliphatic hydroxyl groups excluding tert-OH is 1. The number of aliphatic hydroxyl groups is 1. The Bertz CT molecular complexity index is 540. The fraction of sp³-hybridized carbons (Fsp3) is 0.143.